The van der Waals surface area contributed by atoms with E-state index in [0.29, 0.717) is 6.61 Å². The second-order valence-corrected chi connectivity index (χ2v) is 4.96. The van der Waals surface area contributed by atoms with E-state index in [1.165, 1.54) is 0 Å². The number of hydrogen-bond acceptors (Lipinski definition) is 2. The maximum Gasteiger partial charge on any atom is 0.134 e. The van der Waals surface area contributed by atoms with Gasteiger partial charge in [-0.05, 0) is 40.2 Å². The lowest BCUT2D eigenvalue weighted by Crippen LogP contribution is -2.08. The zero-order valence-electron chi connectivity index (χ0n) is 8.44. The Morgan fingerprint density at radius 1 is 1.31 bits per heavy atom. The average molecular weight is 346 g/mol. The van der Waals surface area contributed by atoms with Crippen LogP contribution in [0.4, 0.5) is 0 Å². The fraction of sp³-hybridized carbons (Fsp3) is 0.182. The van der Waals surface area contributed by atoms with Gasteiger partial charge in [-0.15, -0.1) is 0 Å². The monoisotopic (exact) mass is 344 g/mol. The van der Waals surface area contributed by atoms with Crippen LogP contribution in [0.5, 0.6) is 5.75 Å². The van der Waals surface area contributed by atoms with Crippen LogP contribution < -0.4 is 4.74 Å². The van der Waals surface area contributed by atoms with E-state index in [1.807, 2.05) is 35.1 Å². The third kappa shape index (κ3) is 3.09. The van der Waals surface area contributed by atoms with Crippen LogP contribution in [0.1, 0.15) is 0 Å². The lowest BCUT2D eigenvalue weighted by Gasteiger charge is -2.08. The lowest BCUT2D eigenvalue weighted by molar-refractivity contribution is 0.289. The molecule has 0 aliphatic rings. The van der Waals surface area contributed by atoms with Crippen LogP contribution in [0, 0.1) is 0 Å². The van der Waals surface area contributed by atoms with Crippen molar-refractivity contribution in [2.75, 3.05) is 6.61 Å². The van der Waals surface area contributed by atoms with E-state index in [-0.39, 0.29) is 0 Å². The zero-order valence-corrected chi connectivity index (χ0v) is 11.6. The van der Waals surface area contributed by atoms with Gasteiger partial charge in [0.15, 0.2) is 0 Å². The van der Waals surface area contributed by atoms with Gasteiger partial charge in [-0.25, -0.2) is 0 Å². The summed E-state index contributed by atoms with van der Waals surface area (Å²) in [5, 5.41) is 4.10. The molecule has 0 radical (unpaired) electrons. The zero-order chi connectivity index (χ0) is 11.4. The van der Waals surface area contributed by atoms with Gasteiger partial charge in [-0.2, -0.15) is 5.10 Å². The topological polar surface area (TPSA) is 27.1 Å². The number of aromatic nitrogens is 2. The Morgan fingerprint density at radius 3 is 2.94 bits per heavy atom. The van der Waals surface area contributed by atoms with Gasteiger partial charge < -0.3 is 4.74 Å². The molecule has 1 aromatic heterocycles. The van der Waals surface area contributed by atoms with E-state index in [4.69, 9.17) is 4.74 Å². The van der Waals surface area contributed by atoms with Crippen LogP contribution in [0.2, 0.25) is 0 Å². The normalized spacial score (nSPS) is 10.4. The summed E-state index contributed by atoms with van der Waals surface area (Å²) in [6.07, 6.45) is 3.67. The van der Waals surface area contributed by atoms with Crippen LogP contribution in [0.15, 0.2) is 45.6 Å². The lowest BCUT2D eigenvalue weighted by atomic mass is 10.3. The second-order valence-electron chi connectivity index (χ2n) is 3.19. The molecule has 84 valence electrons. The van der Waals surface area contributed by atoms with Gasteiger partial charge in [-0.1, -0.05) is 15.9 Å². The first-order chi connectivity index (χ1) is 7.75. The standard InChI is InChI=1S/C11H10Br2N2O/c12-9-2-3-10(13)11(8-9)16-7-6-15-5-1-4-14-15/h1-5,8H,6-7H2. The van der Waals surface area contributed by atoms with E-state index in [2.05, 4.69) is 37.0 Å². The first-order valence-electron chi connectivity index (χ1n) is 4.81. The molecule has 0 atom stereocenters. The molecule has 1 aromatic carbocycles. The molecule has 0 bridgehead atoms. The minimum atomic E-state index is 0.594. The predicted molar refractivity (Wildman–Crippen MR) is 69.6 cm³/mol. The minimum absolute atomic E-state index is 0.594. The van der Waals surface area contributed by atoms with Gasteiger partial charge in [0, 0.05) is 16.9 Å². The van der Waals surface area contributed by atoms with Gasteiger partial charge in [-0.3, -0.25) is 4.68 Å². The Morgan fingerprint density at radius 2 is 2.19 bits per heavy atom. The molecular weight excluding hydrogens is 336 g/mol. The van der Waals surface area contributed by atoms with Crippen molar-refractivity contribution in [1.29, 1.82) is 0 Å². The summed E-state index contributed by atoms with van der Waals surface area (Å²) in [7, 11) is 0. The largest absolute Gasteiger partial charge is 0.490 e. The number of ether oxygens (including phenoxy) is 1. The van der Waals surface area contributed by atoms with Crippen LogP contribution in [-0.4, -0.2) is 16.4 Å². The highest BCUT2D eigenvalue weighted by Gasteiger charge is 2.01. The summed E-state index contributed by atoms with van der Waals surface area (Å²) in [6, 6.07) is 7.75. The van der Waals surface area contributed by atoms with Crippen molar-refractivity contribution in [3.8, 4) is 5.75 Å². The Balaban J connectivity index is 1.92. The summed E-state index contributed by atoms with van der Waals surface area (Å²) in [6.45, 7) is 1.34. The highest BCUT2D eigenvalue weighted by molar-refractivity contribution is 9.11. The first-order valence-corrected chi connectivity index (χ1v) is 6.39. The van der Waals surface area contributed by atoms with Crippen LogP contribution in [0.25, 0.3) is 0 Å². The molecular formula is C11H10Br2N2O. The van der Waals surface area contributed by atoms with Crippen molar-refractivity contribution < 1.29 is 4.74 Å². The smallest absolute Gasteiger partial charge is 0.134 e. The molecule has 5 heteroatoms. The SMILES string of the molecule is Brc1ccc(Br)c(OCCn2cccn2)c1. The predicted octanol–water partition coefficient (Wildman–Crippen LogP) is 3.49. The van der Waals surface area contributed by atoms with Crippen LogP contribution in [0.3, 0.4) is 0 Å². The average Bonchev–Trinajstić information content (AvgIpc) is 2.76. The van der Waals surface area contributed by atoms with Gasteiger partial charge in [0.25, 0.3) is 0 Å². The maximum absolute atomic E-state index is 5.65. The molecule has 0 aliphatic carbocycles. The summed E-state index contributed by atoms with van der Waals surface area (Å²) in [5.41, 5.74) is 0. The van der Waals surface area contributed by atoms with Crippen molar-refractivity contribution in [2.24, 2.45) is 0 Å². The highest BCUT2D eigenvalue weighted by atomic mass is 79.9. The van der Waals surface area contributed by atoms with E-state index in [9.17, 15) is 0 Å². The minimum Gasteiger partial charge on any atom is -0.490 e. The molecule has 0 aliphatic heterocycles. The van der Waals surface area contributed by atoms with E-state index in [0.717, 1.165) is 21.2 Å². The van der Waals surface area contributed by atoms with Gasteiger partial charge >= 0.3 is 0 Å². The number of nitrogens with zero attached hydrogens (tertiary/aromatic N) is 2. The number of hydrogen-bond donors (Lipinski definition) is 0. The van der Waals surface area contributed by atoms with Gasteiger partial charge in [0.05, 0.1) is 11.0 Å². The van der Waals surface area contributed by atoms with Crippen molar-refractivity contribution >= 4 is 31.9 Å². The Bertz CT molecular complexity index is 457. The Hall–Kier alpha value is -0.810. The maximum atomic E-state index is 5.65. The van der Waals surface area contributed by atoms with Crippen LogP contribution >= 0.6 is 31.9 Å². The summed E-state index contributed by atoms with van der Waals surface area (Å²) >= 11 is 6.85. The summed E-state index contributed by atoms with van der Waals surface area (Å²) in [4.78, 5) is 0. The fourth-order valence-electron chi connectivity index (χ4n) is 1.27. The summed E-state index contributed by atoms with van der Waals surface area (Å²) in [5.74, 6) is 0.835. The van der Waals surface area contributed by atoms with Crippen LogP contribution in [-0.2, 0) is 6.54 Å². The molecule has 2 rings (SSSR count). The summed E-state index contributed by atoms with van der Waals surface area (Å²) < 4.78 is 9.45. The number of benzene rings is 1. The van der Waals surface area contributed by atoms with Gasteiger partial charge in [0.2, 0.25) is 0 Å². The highest BCUT2D eigenvalue weighted by Crippen LogP contribution is 2.28. The Labute approximate surface area is 111 Å². The van der Waals surface area contributed by atoms with E-state index in [1.54, 1.807) is 6.20 Å². The van der Waals surface area contributed by atoms with Gasteiger partial charge in [0.1, 0.15) is 12.4 Å². The molecule has 3 nitrogen and oxygen atoms in total. The molecule has 16 heavy (non-hydrogen) atoms. The Kier molecular flexibility index (Phi) is 4.01. The third-order valence-electron chi connectivity index (χ3n) is 2.03. The molecule has 1 heterocycles. The molecule has 0 amide bonds. The van der Waals surface area contributed by atoms with Crippen molar-refractivity contribution in [2.45, 2.75) is 6.54 Å². The molecule has 2 aromatic rings. The fourth-order valence-corrected chi connectivity index (χ4v) is 1.97. The molecule has 0 unspecified atom stereocenters. The molecule has 0 spiro atoms. The van der Waals surface area contributed by atoms with E-state index < -0.39 is 0 Å². The first kappa shape index (κ1) is 11.7. The number of rotatable bonds is 4. The van der Waals surface area contributed by atoms with E-state index >= 15 is 0 Å². The van der Waals surface area contributed by atoms with Crippen molar-refractivity contribution in [1.82, 2.24) is 9.78 Å². The molecule has 0 saturated heterocycles. The molecule has 0 N–H and O–H groups in total. The molecule has 0 saturated carbocycles. The third-order valence-corrected chi connectivity index (χ3v) is 3.18. The second kappa shape index (κ2) is 5.50. The molecule has 0 fully saturated rings. The van der Waals surface area contributed by atoms with Crippen molar-refractivity contribution in [3.05, 3.63) is 45.6 Å². The quantitative estimate of drug-likeness (QED) is 0.848. The number of halogens is 2. The van der Waals surface area contributed by atoms with Crippen molar-refractivity contribution in [3.63, 3.8) is 0 Å².